The number of hydrogen-bond donors (Lipinski definition) is 1. The Morgan fingerprint density at radius 3 is 2.29 bits per heavy atom. The Morgan fingerprint density at radius 2 is 1.71 bits per heavy atom. The maximum absolute atomic E-state index is 15.2. The van der Waals surface area contributed by atoms with Crippen LogP contribution in [0.4, 0.5) is 13.2 Å². The van der Waals surface area contributed by atoms with Gasteiger partial charge >= 0.3 is 6.18 Å². The molecule has 2 heterocycles. The minimum absolute atomic E-state index is 0.0612. The molecule has 0 saturated carbocycles. The third-order valence-corrected chi connectivity index (χ3v) is 6.74. The van der Waals surface area contributed by atoms with Crippen LogP contribution in [0.3, 0.4) is 0 Å². The van der Waals surface area contributed by atoms with Gasteiger partial charge in [-0.05, 0) is 37.3 Å². The Bertz CT molecular complexity index is 1240. The number of hydrogen-bond acceptors (Lipinski definition) is 3. The average Bonchev–Trinajstić information content (AvgIpc) is 3.16. The second-order valence-corrected chi connectivity index (χ2v) is 9.91. The summed E-state index contributed by atoms with van der Waals surface area (Å²) in [5.41, 5.74) is -5.90. The fourth-order valence-corrected chi connectivity index (χ4v) is 5.31. The van der Waals surface area contributed by atoms with Gasteiger partial charge in [0.15, 0.2) is 5.78 Å². The molecule has 0 fully saturated rings. The summed E-state index contributed by atoms with van der Waals surface area (Å²) in [6, 6.07) is 8.16. The van der Waals surface area contributed by atoms with Crippen LogP contribution < -0.4 is 5.56 Å². The number of carbonyl (C=O) groups excluding carboxylic acids is 2. The highest BCUT2D eigenvalue weighted by Gasteiger charge is 2.73. The highest BCUT2D eigenvalue weighted by molar-refractivity contribution is 6.13. The van der Waals surface area contributed by atoms with E-state index in [0.717, 1.165) is 9.58 Å². The fourth-order valence-electron chi connectivity index (χ4n) is 5.31. The van der Waals surface area contributed by atoms with Gasteiger partial charge in [0.2, 0.25) is 5.41 Å². The molecule has 1 N–H and O–H groups in total. The Labute approximate surface area is 195 Å². The zero-order valence-electron chi connectivity index (χ0n) is 19.7. The molecule has 0 bridgehead atoms. The number of unbranched alkanes of at least 4 members (excludes halogenated alkanes) is 1. The number of aryl methyl sites for hydroxylation is 1. The number of H-pyrrole nitrogens is 1. The Kier molecular flexibility index (Phi) is 5.65. The number of Topliss-reactive ketones (excluding diaryl/α,β-unsaturated/α-hetero) is 1. The molecule has 0 unspecified atom stereocenters. The summed E-state index contributed by atoms with van der Waals surface area (Å²) in [6.45, 7) is 6.87. The normalized spacial score (nSPS) is 22.5. The molecule has 9 heteroatoms. The predicted octanol–water partition coefficient (Wildman–Crippen LogP) is 4.56. The van der Waals surface area contributed by atoms with Gasteiger partial charge in [-0.3, -0.25) is 19.5 Å². The van der Waals surface area contributed by atoms with E-state index < -0.39 is 45.4 Å². The van der Waals surface area contributed by atoms with Crippen LogP contribution in [-0.4, -0.2) is 39.1 Å². The molecule has 1 aromatic carbocycles. The van der Waals surface area contributed by atoms with Crippen molar-refractivity contribution >= 4 is 11.7 Å². The van der Waals surface area contributed by atoms with Crippen molar-refractivity contribution in [2.45, 2.75) is 65.0 Å². The minimum atomic E-state index is -5.19. The Balaban J connectivity index is 2.07. The molecule has 1 aliphatic carbocycles. The summed E-state index contributed by atoms with van der Waals surface area (Å²) in [7, 11) is 0. The monoisotopic (exact) mass is 475 g/mol. The van der Waals surface area contributed by atoms with Gasteiger partial charge in [0, 0.05) is 29.9 Å². The summed E-state index contributed by atoms with van der Waals surface area (Å²) < 4.78 is 46.5. The zero-order chi connectivity index (χ0) is 25.1. The first-order chi connectivity index (χ1) is 15.9. The van der Waals surface area contributed by atoms with Crippen LogP contribution in [0, 0.1) is 12.3 Å². The molecule has 182 valence electrons. The number of aromatic amines is 1. The lowest BCUT2D eigenvalue weighted by Crippen LogP contribution is -2.55. The molecule has 1 atom stereocenters. The maximum Gasteiger partial charge on any atom is 0.411 e. The minimum Gasteiger partial charge on any atom is -0.314 e. The third kappa shape index (κ3) is 3.35. The molecule has 0 radical (unpaired) electrons. The molecule has 1 aliphatic heterocycles. The summed E-state index contributed by atoms with van der Waals surface area (Å²) in [5, 5.41) is 2.71. The van der Waals surface area contributed by atoms with E-state index in [0.29, 0.717) is 18.5 Å². The van der Waals surface area contributed by atoms with Gasteiger partial charge in [-0.25, -0.2) is 4.68 Å². The Morgan fingerprint density at radius 1 is 1.06 bits per heavy atom. The standard InChI is InChI=1S/C25H28F3N3O3/c1-5-6-12-30-17-13-23(3,4)14-18(32)20(17)24(22(30)34,25(26,27)28)19-15(2)29-31(21(19)33)16-10-8-7-9-11-16/h7-11,29H,5-6,12-14H2,1-4H3/t24-/m1/s1. The van der Waals surface area contributed by atoms with Gasteiger partial charge in [0.05, 0.1) is 11.3 Å². The van der Waals surface area contributed by atoms with Crippen LogP contribution in [-0.2, 0) is 15.0 Å². The fraction of sp³-hybridized carbons (Fsp3) is 0.480. The van der Waals surface area contributed by atoms with Crippen molar-refractivity contribution in [1.82, 2.24) is 14.7 Å². The van der Waals surface area contributed by atoms with Crippen LogP contribution in [0.15, 0.2) is 46.4 Å². The molecule has 4 rings (SSSR count). The van der Waals surface area contributed by atoms with Crippen molar-refractivity contribution in [2.24, 2.45) is 5.41 Å². The van der Waals surface area contributed by atoms with Crippen LogP contribution in [0.25, 0.3) is 5.69 Å². The average molecular weight is 476 g/mol. The van der Waals surface area contributed by atoms with E-state index in [2.05, 4.69) is 5.10 Å². The van der Waals surface area contributed by atoms with E-state index in [-0.39, 0.29) is 30.8 Å². The first kappa shape index (κ1) is 24.0. The second kappa shape index (κ2) is 7.99. The van der Waals surface area contributed by atoms with Gasteiger partial charge in [0.1, 0.15) is 0 Å². The third-order valence-electron chi connectivity index (χ3n) is 6.74. The van der Waals surface area contributed by atoms with Crippen molar-refractivity contribution in [3.05, 3.63) is 63.2 Å². The molecule has 1 amide bonds. The Hall–Kier alpha value is -3.10. The van der Waals surface area contributed by atoms with Crippen molar-refractivity contribution in [3.8, 4) is 5.69 Å². The van der Waals surface area contributed by atoms with Gasteiger partial charge in [0.25, 0.3) is 11.5 Å². The number of ketones is 1. The molecular weight excluding hydrogens is 447 g/mol. The molecule has 0 spiro atoms. The highest BCUT2D eigenvalue weighted by Crippen LogP contribution is 2.57. The van der Waals surface area contributed by atoms with Crippen LogP contribution in [0.5, 0.6) is 0 Å². The van der Waals surface area contributed by atoms with Gasteiger partial charge in [-0.15, -0.1) is 0 Å². The van der Waals surface area contributed by atoms with E-state index in [4.69, 9.17) is 0 Å². The molecular formula is C25H28F3N3O3. The molecule has 34 heavy (non-hydrogen) atoms. The molecule has 2 aliphatic rings. The van der Waals surface area contributed by atoms with Crippen molar-refractivity contribution in [2.75, 3.05) is 6.54 Å². The molecule has 1 aromatic heterocycles. The van der Waals surface area contributed by atoms with Gasteiger partial charge in [-0.2, -0.15) is 13.2 Å². The predicted molar refractivity (Wildman–Crippen MR) is 121 cm³/mol. The summed E-state index contributed by atoms with van der Waals surface area (Å²) in [5.74, 6) is -1.99. The molecule has 0 saturated heterocycles. The number of allylic oxidation sites excluding steroid dienone is 1. The number of alkyl halides is 3. The number of benzene rings is 1. The van der Waals surface area contributed by atoms with E-state index in [1.807, 2.05) is 6.92 Å². The topological polar surface area (TPSA) is 75.2 Å². The maximum atomic E-state index is 15.2. The SMILES string of the molecule is CCCCN1C(=O)[C@](c2c(C)[nH]n(-c3ccccc3)c2=O)(C(F)(F)F)C2=C1CC(C)(C)CC2=O. The first-order valence-electron chi connectivity index (χ1n) is 11.4. The number of amides is 1. The van der Waals surface area contributed by atoms with E-state index in [9.17, 15) is 14.4 Å². The second-order valence-electron chi connectivity index (χ2n) is 9.91. The van der Waals surface area contributed by atoms with Crippen molar-refractivity contribution in [3.63, 3.8) is 0 Å². The molecule has 2 aromatic rings. The number of aromatic nitrogens is 2. The van der Waals surface area contributed by atoms with Crippen molar-refractivity contribution < 1.29 is 22.8 Å². The van der Waals surface area contributed by atoms with E-state index in [1.54, 1.807) is 44.2 Å². The van der Waals surface area contributed by atoms with Crippen LogP contribution in [0.1, 0.15) is 57.7 Å². The molecule has 6 nitrogen and oxygen atoms in total. The van der Waals surface area contributed by atoms with Crippen LogP contribution in [0.2, 0.25) is 0 Å². The van der Waals surface area contributed by atoms with Gasteiger partial charge < -0.3 is 4.90 Å². The lowest BCUT2D eigenvalue weighted by atomic mass is 9.66. The van der Waals surface area contributed by atoms with Crippen LogP contribution >= 0.6 is 0 Å². The number of rotatable bonds is 5. The van der Waals surface area contributed by atoms with Gasteiger partial charge in [-0.1, -0.05) is 45.4 Å². The number of nitrogens with zero attached hydrogens (tertiary/aromatic N) is 2. The summed E-state index contributed by atoms with van der Waals surface area (Å²) in [6.07, 6.45) is -4.03. The lowest BCUT2D eigenvalue weighted by Gasteiger charge is -2.35. The summed E-state index contributed by atoms with van der Waals surface area (Å²) >= 11 is 0. The van der Waals surface area contributed by atoms with Crippen molar-refractivity contribution in [1.29, 1.82) is 0 Å². The van der Waals surface area contributed by atoms with E-state index >= 15 is 13.2 Å². The number of para-hydroxylation sites is 1. The number of nitrogens with one attached hydrogen (secondary N) is 1. The summed E-state index contributed by atoms with van der Waals surface area (Å²) in [4.78, 5) is 41.8. The largest absolute Gasteiger partial charge is 0.411 e. The first-order valence-corrected chi connectivity index (χ1v) is 11.4. The highest BCUT2D eigenvalue weighted by atomic mass is 19.4. The quantitative estimate of drug-likeness (QED) is 0.689. The zero-order valence-corrected chi connectivity index (χ0v) is 19.7. The van der Waals surface area contributed by atoms with E-state index in [1.165, 1.54) is 6.92 Å². The smallest absolute Gasteiger partial charge is 0.314 e. The lowest BCUT2D eigenvalue weighted by molar-refractivity contribution is -0.189. The number of carbonyl (C=O) groups is 2. The number of halogens is 3.